The van der Waals surface area contributed by atoms with Crippen LogP contribution in [-0.2, 0) is 9.53 Å². The van der Waals surface area contributed by atoms with Gasteiger partial charge in [0.05, 0.1) is 0 Å². The van der Waals surface area contributed by atoms with E-state index in [1.165, 1.54) is 19.9 Å². The quantitative estimate of drug-likeness (QED) is 0.645. The molecule has 1 aromatic carbocycles. The van der Waals surface area contributed by atoms with Crippen LogP contribution in [0.1, 0.15) is 47.6 Å². The molecular formula is C19H19NO5. The van der Waals surface area contributed by atoms with Gasteiger partial charge in [0, 0.05) is 17.2 Å². The molecule has 0 spiro atoms. The number of ketones is 1. The average molecular weight is 341 g/mol. The molecule has 1 unspecified atom stereocenters. The monoisotopic (exact) mass is 341 g/mol. The number of rotatable bonds is 6. The average Bonchev–Trinajstić information content (AvgIpc) is 3.26. The minimum atomic E-state index is -0.878. The Morgan fingerprint density at radius 1 is 1.12 bits per heavy atom. The molecule has 0 radical (unpaired) electrons. The lowest BCUT2D eigenvalue weighted by Gasteiger charge is -2.12. The molecule has 1 N–H and O–H groups in total. The van der Waals surface area contributed by atoms with Crippen molar-refractivity contribution in [3.8, 4) is 11.3 Å². The second-order valence-corrected chi connectivity index (χ2v) is 6.13. The summed E-state index contributed by atoms with van der Waals surface area (Å²) >= 11 is 0. The molecule has 1 heterocycles. The van der Waals surface area contributed by atoms with Crippen LogP contribution in [0.4, 0.5) is 0 Å². The molecule has 0 bridgehead atoms. The van der Waals surface area contributed by atoms with Gasteiger partial charge in [-0.05, 0) is 38.8 Å². The first-order chi connectivity index (χ1) is 11.9. The zero-order chi connectivity index (χ0) is 18.0. The third-order valence-electron chi connectivity index (χ3n) is 3.96. The highest BCUT2D eigenvalue weighted by molar-refractivity contribution is 5.94. The first-order valence-corrected chi connectivity index (χ1v) is 8.16. The summed E-state index contributed by atoms with van der Waals surface area (Å²) in [5.41, 5.74) is 1.34. The van der Waals surface area contributed by atoms with Crippen LogP contribution in [0.2, 0.25) is 0 Å². The predicted molar refractivity (Wildman–Crippen MR) is 90.2 cm³/mol. The SMILES string of the molecule is CC(=O)c1ccc(-c2ccc(C(=O)OC(C)C(=O)NC3CC3)o2)cc1. The molecule has 6 nitrogen and oxygen atoms in total. The van der Waals surface area contributed by atoms with Crippen LogP contribution >= 0.6 is 0 Å². The molecule has 2 aromatic rings. The van der Waals surface area contributed by atoms with Crippen molar-refractivity contribution >= 4 is 17.7 Å². The van der Waals surface area contributed by atoms with Crippen LogP contribution in [0, 0.1) is 0 Å². The molecule has 1 saturated carbocycles. The Morgan fingerprint density at radius 2 is 1.80 bits per heavy atom. The second-order valence-electron chi connectivity index (χ2n) is 6.13. The standard InChI is InChI=1S/C19H19NO5/c1-11(21)13-3-5-14(6-4-13)16-9-10-17(25-16)19(23)24-12(2)18(22)20-15-7-8-15/h3-6,9-10,12,15H,7-8H2,1-2H3,(H,20,22). The maximum absolute atomic E-state index is 12.1. The van der Waals surface area contributed by atoms with E-state index in [-0.39, 0.29) is 23.5 Å². The molecule has 1 aromatic heterocycles. The molecule has 1 amide bonds. The number of benzene rings is 1. The number of Topliss-reactive ketones (excluding diaryl/α,β-unsaturated/α-hetero) is 1. The van der Waals surface area contributed by atoms with Crippen molar-refractivity contribution < 1.29 is 23.5 Å². The van der Waals surface area contributed by atoms with Crippen molar-refractivity contribution in [1.82, 2.24) is 5.32 Å². The summed E-state index contributed by atoms with van der Waals surface area (Å²) < 4.78 is 10.7. The van der Waals surface area contributed by atoms with Crippen LogP contribution in [0.3, 0.4) is 0 Å². The summed E-state index contributed by atoms with van der Waals surface area (Å²) in [6.45, 7) is 3.02. The fourth-order valence-electron chi connectivity index (χ4n) is 2.29. The van der Waals surface area contributed by atoms with E-state index in [2.05, 4.69) is 5.32 Å². The third-order valence-corrected chi connectivity index (χ3v) is 3.96. The maximum atomic E-state index is 12.1. The highest BCUT2D eigenvalue weighted by atomic mass is 16.6. The number of hydrogen-bond acceptors (Lipinski definition) is 5. The molecule has 0 aliphatic heterocycles. The lowest BCUT2D eigenvalue weighted by Crippen LogP contribution is -2.37. The van der Waals surface area contributed by atoms with E-state index < -0.39 is 12.1 Å². The Balaban J connectivity index is 1.64. The van der Waals surface area contributed by atoms with E-state index in [4.69, 9.17) is 9.15 Å². The molecule has 130 valence electrons. The lowest BCUT2D eigenvalue weighted by atomic mass is 10.1. The van der Waals surface area contributed by atoms with E-state index in [1.54, 1.807) is 30.3 Å². The maximum Gasteiger partial charge on any atom is 0.375 e. The molecule has 6 heteroatoms. The summed E-state index contributed by atoms with van der Waals surface area (Å²) in [7, 11) is 0. The first-order valence-electron chi connectivity index (χ1n) is 8.16. The van der Waals surface area contributed by atoms with Gasteiger partial charge in [-0.3, -0.25) is 9.59 Å². The normalized spacial score (nSPS) is 14.6. The molecule has 3 rings (SSSR count). The number of hydrogen-bond donors (Lipinski definition) is 1. The summed E-state index contributed by atoms with van der Waals surface area (Å²) in [5.74, 6) is -0.505. The Hall–Kier alpha value is -2.89. The van der Waals surface area contributed by atoms with Crippen LogP contribution in [0.5, 0.6) is 0 Å². The van der Waals surface area contributed by atoms with Gasteiger partial charge in [-0.1, -0.05) is 24.3 Å². The van der Waals surface area contributed by atoms with Gasteiger partial charge < -0.3 is 14.5 Å². The van der Waals surface area contributed by atoms with Crippen molar-refractivity contribution in [2.75, 3.05) is 0 Å². The van der Waals surface area contributed by atoms with Gasteiger partial charge >= 0.3 is 5.97 Å². The number of ether oxygens (including phenoxy) is 1. The van der Waals surface area contributed by atoms with E-state index in [9.17, 15) is 14.4 Å². The molecule has 1 aliphatic carbocycles. The molecule has 1 atom stereocenters. The summed E-state index contributed by atoms with van der Waals surface area (Å²) in [5, 5.41) is 2.78. The van der Waals surface area contributed by atoms with E-state index >= 15 is 0 Å². The van der Waals surface area contributed by atoms with Gasteiger partial charge in [-0.15, -0.1) is 0 Å². The van der Waals surface area contributed by atoms with Gasteiger partial charge in [0.25, 0.3) is 5.91 Å². The number of carbonyl (C=O) groups is 3. The zero-order valence-electron chi connectivity index (χ0n) is 14.1. The Kier molecular flexibility index (Phi) is 4.70. The van der Waals surface area contributed by atoms with E-state index in [0.29, 0.717) is 11.3 Å². The van der Waals surface area contributed by atoms with E-state index in [0.717, 1.165) is 18.4 Å². The number of nitrogens with one attached hydrogen (secondary N) is 1. The highest BCUT2D eigenvalue weighted by Crippen LogP contribution is 2.23. The smallest absolute Gasteiger partial charge is 0.375 e. The van der Waals surface area contributed by atoms with E-state index in [1.807, 2.05) is 0 Å². The topological polar surface area (TPSA) is 85.6 Å². The van der Waals surface area contributed by atoms with Crippen molar-refractivity contribution in [1.29, 1.82) is 0 Å². The highest BCUT2D eigenvalue weighted by Gasteiger charge is 2.28. The van der Waals surface area contributed by atoms with Crippen molar-refractivity contribution in [2.45, 2.75) is 38.8 Å². The van der Waals surface area contributed by atoms with Crippen molar-refractivity contribution in [2.24, 2.45) is 0 Å². The van der Waals surface area contributed by atoms with Gasteiger partial charge in [0.15, 0.2) is 11.9 Å². The van der Waals surface area contributed by atoms with Crippen LogP contribution in [-0.4, -0.2) is 29.8 Å². The van der Waals surface area contributed by atoms with Crippen LogP contribution < -0.4 is 5.32 Å². The van der Waals surface area contributed by atoms with Crippen molar-refractivity contribution in [3.63, 3.8) is 0 Å². The molecule has 25 heavy (non-hydrogen) atoms. The van der Waals surface area contributed by atoms with Gasteiger partial charge in [0.1, 0.15) is 5.76 Å². The van der Waals surface area contributed by atoms with Crippen molar-refractivity contribution in [3.05, 3.63) is 47.7 Å². The Labute approximate surface area is 145 Å². The molecular weight excluding hydrogens is 322 g/mol. The minimum absolute atomic E-state index is 0.0197. The van der Waals surface area contributed by atoms with Gasteiger partial charge in [-0.25, -0.2) is 4.79 Å². The van der Waals surface area contributed by atoms with Crippen LogP contribution in [0.25, 0.3) is 11.3 Å². The molecule has 1 aliphatic rings. The predicted octanol–water partition coefficient (Wildman–Crippen LogP) is 2.97. The van der Waals surface area contributed by atoms with Crippen LogP contribution in [0.15, 0.2) is 40.8 Å². The number of carbonyl (C=O) groups excluding carboxylic acids is 3. The van der Waals surface area contributed by atoms with Gasteiger partial charge in [0.2, 0.25) is 5.76 Å². The third kappa shape index (κ3) is 4.15. The summed E-state index contributed by atoms with van der Waals surface area (Å²) in [6.07, 6.45) is 1.06. The van der Waals surface area contributed by atoms with Gasteiger partial charge in [-0.2, -0.15) is 0 Å². The number of furan rings is 1. The zero-order valence-corrected chi connectivity index (χ0v) is 14.1. The molecule has 1 fully saturated rings. The Bertz CT molecular complexity index is 801. The second kappa shape index (κ2) is 6.93. The summed E-state index contributed by atoms with van der Waals surface area (Å²) in [4.78, 5) is 35.2. The lowest BCUT2D eigenvalue weighted by molar-refractivity contribution is -0.129. The molecule has 0 saturated heterocycles. The Morgan fingerprint density at radius 3 is 2.40 bits per heavy atom. The fourth-order valence-corrected chi connectivity index (χ4v) is 2.29. The largest absolute Gasteiger partial charge is 0.449 e. The summed E-state index contributed by atoms with van der Waals surface area (Å²) in [6, 6.07) is 10.2. The number of amides is 1. The first kappa shape index (κ1) is 17.0. The minimum Gasteiger partial charge on any atom is -0.449 e. The number of esters is 1. The fraction of sp³-hybridized carbons (Fsp3) is 0.316.